The lowest BCUT2D eigenvalue weighted by Gasteiger charge is -2.16. The van der Waals surface area contributed by atoms with Crippen molar-refractivity contribution in [2.75, 3.05) is 0 Å². The highest BCUT2D eigenvalue weighted by Gasteiger charge is 2.12. The summed E-state index contributed by atoms with van der Waals surface area (Å²) in [7, 11) is 0. The first kappa shape index (κ1) is 16.3. The fourth-order valence-corrected chi connectivity index (χ4v) is 2.85. The second-order valence-corrected chi connectivity index (χ2v) is 6.17. The van der Waals surface area contributed by atoms with Gasteiger partial charge in [-0.3, -0.25) is 0 Å². The zero-order chi connectivity index (χ0) is 16.9. The van der Waals surface area contributed by atoms with E-state index in [1.807, 2.05) is 53.2 Å². The first-order valence-corrected chi connectivity index (χ1v) is 8.15. The Balaban J connectivity index is 1.92. The minimum absolute atomic E-state index is 0.470. The van der Waals surface area contributed by atoms with Crippen LogP contribution in [-0.2, 0) is 6.61 Å². The minimum Gasteiger partial charge on any atom is -0.488 e. The molecule has 1 aromatic heterocycles. The molecule has 2 aromatic carbocycles. The molecule has 0 aliphatic carbocycles. The fourth-order valence-electron chi connectivity index (χ4n) is 2.63. The smallest absolute Gasteiger partial charge is 0.129 e. The van der Waals surface area contributed by atoms with Gasteiger partial charge in [0, 0.05) is 23.0 Å². The molecule has 0 aliphatic heterocycles. The van der Waals surface area contributed by atoms with Gasteiger partial charge in [0.25, 0.3) is 0 Å². The average molecular weight is 339 g/mol. The lowest BCUT2D eigenvalue weighted by Crippen LogP contribution is -2.03. The van der Waals surface area contributed by atoms with Crippen molar-refractivity contribution in [3.63, 3.8) is 0 Å². The number of nitrogens with zero attached hydrogens (tertiary/aromatic N) is 2. The molecule has 4 heteroatoms. The summed E-state index contributed by atoms with van der Waals surface area (Å²) < 4.78 is 8.09. The third kappa shape index (κ3) is 3.69. The van der Waals surface area contributed by atoms with E-state index in [1.54, 1.807) is 12.5 Å². The van der Waals surface area contributed by atoms with Crippen LogP contribution >= 0.6 is 11.6 Å². The summed E-state index contributed by atoms with van der Waals surface area (Å²) in [6, 6.07) is 15.8. The van der Waals surface area contributed by atoms with Gasteiger partial charge >= 0.3 is 0 Å². The molecule has 3 rings (SSSR count). The number of halogens is 1. The normalized spacial score (nSPS) is 10.5. The van der Waals surface area contributed by atoms with Gasteiger partial charge < -0.3 is 9.30 Å². The van der Waals surface area contributed by atoms with Crippen LogP contribution in [0.2, 0.25) is 5.02 Å². The van der Waals surface area contributed by atoms with Crippen LogP contribution in [0.15, 0.2) is 72.8 Å². The highest BCUT2D eigenvalue weighted by molar-refractivity contribution is 6.30. The molecule has 0 unspecified atom stereocenters. The molecule has 0 spiro atoms. The lowest BCUT2D eigenvalue weighted by atomic mass is 10.1. The molecular formula is C20H19ClN2O. The molecule has 3 aromatic rings. The molecule has 122 valence electrons. The maximum Gasteiger partial charge on any atom is 0.129 e. The average Bonchev–Trinajstić information content (AvgIpc) is 3.08. The summed E-state index contributed by atoms with van der Waals surface area (Å²) >= 11 is 6.04. The number of rotatable bonds is 5. The molecule has 24 heavy (non-hydrogen) atoms. The van der Waals surface area contributed by atoms with Crippen molar-refractivity contribution in [1.82, 2.24) is 9.55 Å². The molecule has 1 heterocycles. The minimum atomic E-state index is 0.470. The predicted molar refractivity (Wildman–Crippen MR) is 98.1 cm³/mol. The van der Waals surface area contributed by atoms with Gasteiger partial charge in [0.05, 0.1) is 12.0 Å². The fraction of sp³-hybridized carbons (Fsp3) is 0.150. The SMILES string of the molecule is CC(C)=C(c1ccccc1OCc1cccc(Cl)c1)n1ccnc1. The van der Waals surface area contributed by atoms with Crippen molar-refractivity contribution < 1.29 is 4.74 Å². The van der Waals surface area contributed by atoms with Crippen LogP contribution in [-0.4, -0.2) is 9.55 Å². The Morgan fingerprint density at radius 1 is 1.12 bits per heavy atom. The van der Waals surface area contributed by atoms with Gasteiger partial charge in [0.2, 0.25) is 0 Å². The Hall–Kier alpha value is -2.52. The molecule has 0 saturated carbocycles. The van der Waals surface area contributed by atoms with Crippen LogP contribution in [0.4, 0.5) is 0 Å². The highest BCUT2D eigenvalue weighted by Crippen LogP contribution is 2.30. The molecule has 0 radical (unpaired) electrons. The second kappa shape index (κ2) is 7.37. The molecule has 0 amide bonds. The van der Waals surface area contributed by atoms with E-state index in [9.17, 15) is 0 Å². The van der Waals surface area contributed by atoms with Gasteiger partial charge in [0.15, 0.2) is 0 Å². The Labute approximate surface area is 147 Å². The van der Waals surface area contributed by atoms with Crippen LogP contribution < -0.4 is 4.74 Å². The molecule has 0 fully saturated rings. The summed E-state index contributed by atoms with van der Waals surface area (Å²) in [6.45, 7) is 4.64. The van der Waals surface area contributed by atoms with Crippen molar-refractivity contribution >= 4 is 17.3 Å². The van der Waals surface area contributed by atoms with Gasteiger partial charge in [-0.2, -0.15) is 0 Å². The standard InChI is InChI=1S/C20H19ClN2O/c1-15(2)20(23-11-10-22-14-23)18-8-3-4-9-19(18)24-13-16-6-5-7-17(21)12-16/h3-12,14H,13H2,1-2H3. The van der Waals surface area contributed by atoms with E-state index in [-0.39, 0.29) is 0 Å². The zero-order valence-electron chi connectivity index (χ0n) is 13.7. The third-order valence-corrected chi connectivity index (χ3v) is 3.90. The molecule has 0 saturated heterocycles. The summed E-state index contributed by atoms with van der Waals surface area (Å²) in [5, 5.41) is 0.716. The Kier molecular flexibility index (Phi) is 5.02. The Bertz CT molecular complexity index is 850. The van der Waals surface area contributed by atoms with Crippen LogP contribution in [0.1, 0.15) is 25.0 Å². The summed E-state index contributed by atoms with van der Waals surface area (Å²) in [4.78, 5) is 4.16. The maximum atomic E-state index is 6.08. The second-order valence-electron chi connectivity index (χ2n) is 5.73. The van der Waals surface area contributed by atoms with Crippen molar-refractivity contribution in [1.29, 1.82) is 0 Å². The van der Waals surface area contributed by atoms with Crippen LogP contribution in [0.25, 0.3) is 5.70 Å². The molecule has 0 aliphatic rings. The largest absolute Gasteiger partial charge is 0.488 e. The first-order chi connectivity index (χ1) is 11.6. The first-order valence-electron chi connectivity index (χ1n) is 7.77. The van der Waals surface area contributed by atoms with E-state index in [0.717, 1.165) is 22.6 Å². The van der Waals surface area contributed by atoms with E-state index >= 15 is 0 Å². The summed E-state index contributed by atoms with van der Waals surface area (Å²) in [5.41, 5.74) is 4.34. The van der Waals surface area contributed by atoms with E-state index < -0.39 is 0 Å². The molecular weight excluding hydrogens is 320 g/mol. The number of ether oxygens (including phenoxy) is 1. The molecule has 0 bridgehead atoms. The van der Waals surface area contributed by atoms with Crippen LogP contribution in [0, 0.1) is 0 Å². The van der Waals surface area contributed by atoms with Gasteiger partial charge in [-0.15, -0.1) is 0 Å². The van der Waals surface area contributed by atoms with E-state index in [2.05, 4.69) is 24.9 Å². The third-order valence-electron chi connectivity index (χ3n) is 3.66. The van der Waals surface area contributed by atoms with Crippen LogP contribution in [0.5, 0.6) is 5.75 Å². The van der Waals surface area contributed by atoms with Crippen molar-refractivity contribution in [3.05, 3.63) is 89.0 Å². The van der Waals surface area contributed by atoms with Crippen molar-refractivity contribution in [2.45, 2.75) is 20.5 Å². The number of hydrogen-bond donors (Lipinski definition) is 0. The maximum absolute atomic E-state index is 6.08. The zero-order valence-corrected chi connectivity index (χ0v) is 14.5. The number of aromatic nitrogens is 2. The van der Waals surface area contributed by atoms with E-state index in [1.165, 1.54) is 5.57 Å². The van der Waals surface area contributed by atoms with Crippen LogP contribution in [0.3, 0.4) is 0 Å². The van der Waals surface area contributed by atoms with Gasteiger partial charge in [-0.05, 0) is 43.7 Å². The predicted octanol–water partition coefficient (Wildman–Crippen LogP) is 5.41. The Morgan fingerprint density at radius 3 is 2.67 bits per heavy atom. The number of hydrogen-bond acceptors (Lipinski definition) is 2. The van der Waals surface area contributed by atoms with Gasteiger partial charge in [0.1, 0.15) is 12.4 Å². The number of benzene rings is 2. The number of para-hydroxylation sites is 1. The quantitative estimate of drug-likeness (QED) is 0.621. The summed E-state index contributed by atoms with van der Waals surface area (Å²) in [5.74, 6) is 0.836. The van der Waals surface area contributed by atoms with E-state index in [4.69, 9.17) is 16.3 Å². The molecule has 0 N–H and O–H groups in total. The Morgan fingerprint density at radius 2 is 1.96 bits per heavy atom. The van der Waals surface area contributed by atoms with Crippen molar-refractivity contribution in [2.24, 2.45) is 0 Å². The monoisotopic (exact) mass is 338 g/mol. The highest BCUT2D eigenvalue weighted by atomic mass is 35.5. The molecule has 3 nitrogen and oxygen atoms in total. The number of allylic oxidation sites excluding steroid dienone is 1. The lowest BCUT2D eigenvalue weighted by molar-refractivity contribution is 0.305. The van der Waals surface area contributed by atoms with E-state index in [0.29, 0.717) is 11.6 Å². The van der Waals surface area contributed by atoms with Gasteiger partial charge in [-0.25, -0.2) is 4.98 Å². The molecule has 0 atom stereocenters. The van der Waals surface area contributed by atoms with Crippen molar-refractivity contribution in [3.8, 4) is 5.75 Å². The summed E-state index contributed by atoms with van der Waals surface area (Å²) in [6.07, 6.45) is 5.52. The van der Waals surface area contributed by atoms with Gasteiger partial charge in [-0.1, -0.05) is 41.4 Å². The topological polar surface area (TPSA) is 27.1 Å². The number of imidazole rings is 1.